The van der Waals surface area contributed by atoms with Crippen molar-refractivity contribution in [1.82, 2.24) is 19.6 Å². The number of carbonyl (C=O) groups excluding carboxylic acids is 1. The predicted octanol–water partition coefficient (Wildman–Crippen LogP) is 3.46. The molecule has 4 rings (SSSR count). The number of aromatic nitrogens is 4. The Morgan fingerprint density at radius 2 is 2.00 bits per heavy atom. The number of nitrogens with one attached hydrogen (secondary N) is 1. The van der Waals surface area contributed by atoms with E-state index in [0.29, 0.717) is 11.2 Å². The van der Waals surface area contributed by atoms with Crippen molar-refractivity contribution in [3.8, 4) is 0 Å². The highest BCUT2D eigenvalue weighted by atomic mass is 16.1. The molecule has 1 aromatic carbocycles. The Bertz CT molecular complexity index is 1130. The van der Waals surface area contributed by atoms with Crippen LogP contribution in [0.3, 0.4) is 0 Å². The number of rotatable bonds is 2. The zero-order valence-electron chi connectivity index (χ0n) is 14.2. The summed E-state index contributed by atoms with van der Waals surface area (Å²) in [6, 6.07) is 9.59. The molecule has 0 bridgehead atoms. The average molecular weight is 331 g/mol. The van der Waals surface area contributed by atoms with Crippen LogP contribution in [0.5, 0.6) is 0 Å². The summed E-state index contributed by atoms with van der Waals surface area (Å²) in [6.45, 7) is 5.85. The minimum atomic E-state index is -0.235. The summed E-state index contributed by atoms with van der Waals surface area (Å²) in [5.41, 5.74) is 5.47. The van der Waals surface area contributed by atoms with Gasteiger partial charge in [0.15, 0.2) is 5.65 Å². The number of benzene rings is 1. The molecule has 0 fully saturated rings. The van der Waals surface area contributed by atoms with E-state index in [2.05, 4.69) is 20.4 Å². The zero-order chi connectivity index (χ0) is 17.6. The van der Waals surface area contributed by atoms with Gasteiger partial charge in [-0.1, -0.05) is 6.07 Å². The van der Waals surface area contributed by atoms with Crippen LogP contribution in [0.15, 0.2) is 42.7 Å². The van der Waals surface area contributed by atoms with E-state index in [1.54, 1.807) is 16.9 Å². The summed E-state index contributed by atoms with van der Waals surface area (Å²) in [5, 5.41) is 8.16. The van der Waals surface area contributed by atoms with Crippen LogP contribution in [-0.4, -0.2) is 25.5 Å². The van der Waals surface area contributed by atoms with Gasteiger partial charge < -0.3 is 5.32 Å². The Labute approximate surface area is 144 Å². The lowest BCUT2D eigenvalue weighted by atomic mass is 10.1. The number of anilines is 1. The van der Waals surface area contributed by atoms with Crippen molar-refractivity contribution < 1.29 is 4.79 Å². The van der Waals surface area contributed by atoms with Crippen LogP contribution in [0.1, 0.15) is 27.3 Å². The second-order valence-corrected chi connectivity index (χ2v) is 6.12. The lowest BCUT2D eigenvalue weighted by Crippen LogP contribution is -2.13. The SMILES string of the molecule is Cc1cc(C)n2ncc(C(=O)Nc3ccc(C)c4ncccc34)c2n1. The van der Waals surface area contributed by atoms with Crippen LogP contribution in [0.2, 0.25) is 0 Å². The first-order chi connectivity index (χ1) is 12.0. The van der Waals surface area contributed by atoms with Gasteiger partial charge in [-0.3, -0.25) is 9.78 Å². The summed E-state index contributed by atoms with van der Waals surface area (Å²) in [6.07, 6.45) is 3.31. The maximum absolute atomic E-state index is 12.8. The maximum atomic E-state index is 12.8. The van der Waals surface area contributed by atoms with E-state index in [4.69, 9.17) is 0 Å². The van der Waals surface area contributed by atoms with Gasteiger partial charge in [0.05, 0.1) is 17.4 Å². The number of nitrogens with zero attached hydrogens (tertiary/aromatic N) is 4. The number of fused-ring (bicyclic) bond motifs is 2. The van der Waals surface area contributed by atoms with Gasteiger partial charge in [0, 0.05) is 23.0 Å². The molecule has 1 amide bonds. The Hall–Kier alpha value is -3.28. The molecule has 0 radical (unpaired) electrons. The monoisotopic (exact) mass is 331 g/mol. The third-order valence-corrected chi connectivity index (χ3v) is 4.24. The van der Waals surface area contributed by atoms with Gasteiger partial charge in [-0.05, 0) is 50.6 Å². The molecule has 0 aliphatic carbocycles. The normalized spacial score (nSPS) is 11.2. The summed E-state index contributed by atoms with van der Waals surface area (Å²) >= 11 is 0. The Morgan fingerprint density at radius 3 is 2.84 bits per heavy atom. The second-order valence-electron chi connectivity index (χ2n) is 6.12. The zero-order valence-corrected chi connectivity index (χ0v) is 14.2. The van der Waals surface area contributed by atoms with Crippen LogP contribution >= 0.6 is 0 Å². The molecule has 0 aliphatic heterocycles. The largest absolute Gasteiger partial charge is 0.321 e. The molecule has 4 aromatic rings. The van der Waals surface area contributed by atoms with Crippen LogP contribution < -0.4 is 5.32 Å². The highest BCUT2D eigenvalue weighted by Crippen LogP contribution is 2.25. The first kappa shape index (κ1) is 15.3. The van der Waals surface area contributed by atoms with Crippen molar-refractivity contribution in [2.45, 2.75) is 20.8 Å². The number of carbonyl (C=O) groups is 1. The highest BCUT2D eigenvalue weighted by Gasteiger charge is 2.17. The molecule has 0 unspecified atom stereocenters. The van der Waals surface area contributed by atoms with E-state index < -0.39 is 0 Å². The molecular weight excluding hydrogens is 314 g/mol. The number of aryl methyl sites for hydroxylation is 3. The van der Waals surface area contributed by atoms with E-state index in [1.807, 2.05) is 51.1 Å². The summed E-state index contributed by atoms with van der Waals surface area (Å²) in [5.74, 6) is -0.235. The van der Waals surface area contributed by atoms with Gasteiger partial charge in [0.1, 0.15) is 5.56 Å². The molecule has 0 saturated carbocycles. The van der Waals surface area contributed by atoms with Gasteiger partial charge in [-0.25, -0.2) is 9.50 Å². The molecule has 0 aliphatic rings. The van der Waals surface area contributed by atoms with E-state index in [1.165, 1.54) is 0 Å². The molecule has 0 saturated heterocycles. The lowest BCUT2D eigenvalue weighted by Gasteiger charge is -2.09. The predicted molar refractivity (Wildman–Crippen MR) is 96.9 cm³/mol. The topological polar surface area (TPSA) is 72.2 Å². The first-order valence-corrected chi connectivity index (χ1v) is 8.02. The molecule has 0 atom stereocenters. The Morgan fingerprint density at radius 1 is 1.16 bits per heavy atom. The molecular formula is C19H17N5O. The average Bonchev–Trinajstić information content (AvgIpc) is 3.02. The van der Waals surface area contributed by atoms with Crippen LogP contribution in [0, 0.1) is 20.8 Å². The Kier molecular flexibility index (Phi) is 3.46. The number of hydrogen-bond acceptors (Lipinski definition) is 4. The number of pyridine rings is 1. The highest BCUT2D eigenvalue weighted by molar-refractivity contribution is 6.11. The van der Waals surface area contributed by atoms with Gasteiger partial charge in [0.2, 0.25) is 0 Å². The minimum absolute atomic E-state index is 0.235. The fourth-order valence-electron chi connectivity index (χ4n) is 3.04. The van der Waals surface area contributed by atoms with E-state index in [0.717, 1.165) is 33.5 Å². The fourth-order valence-corrected chi connectivity index (χ4v) is 3.04. The molecule has 124 valence electrons. The molecule has 0 spiro atoms. The van der Waals surface area contributed by atoms with Crippen molar-refractivity contribution in [1.29, 1.82) is 0 Å². The molecule has 3 heterocycles. The maximum Gasteiger partial charge on any atom is 0.261 e. The minimum Gasteiger partial charge on any atom is -0.321 e. The third kappa shape index (κ3) is 2.52. The molecule has 3 aromatic heterocycles. The molecule has 6 nitrogen and oxygen atoms in total. The van der Waals surface area contributed by atoms with Crippen molar-refractivity contribution in [3.05, 3.63) is 65.2 Å². The molecule has 1 N–H and O–H groups in total. The van der Waals surface area contributed by atoms with E-state index in [-0.39, 0.29) is 5.91 Å². The first-order valence-electron chi connectivity index (χ1n) is 8.02. The Balaban J connectivity index is 1.78. The standard InChI is InChI=1S/C19H17N5O/c1-11-6-7-16(14-5-4-8-20-17(11)14)23-19(25)15-10-21-24-13(3)9-12(2)22-18(15)24/h4-10H,1-3H3,(H,23,25). The number of hydrogen-bond donors (Lipinski definition) is 1. The quantitative estimate of drug-likeness (QED) is 0.610. The van der Waals surface area contributed by atoms with Gasteiger partial charge in [0.25, 0.3) is 5.91 Å². The van der Waals surface area contributed by atoms with Crippen molar-refractivity contribution in [3.63, 3.8) is 0 Å². The summed E-state index contributed by atoms with van der Waals surface area (Å²) in [4.78, 5) is 21.7. The van der Waals surface area contributed by atoms with Crippen molar-refractivity contribution in [2.24, 2.45) is 0 Å². The van der Waals surface area contributed by atoms with Gasteiger partial charge >= 0.3 is 0 Å². The van der Waals surface area contributed by atoms with E-state index >= 15 is 0 Å². The second kappa shape index (κ2) is 5.66. The van der Waals surface area contributed by atoms with Gasteiger partial charge in [-0.2, -0.15) is 5.10 Å². The van der Waals surface area contributed by atoms with Gasteiger partial charge in [-0.15, -0.1) is 0 Å². The molecule has 6 heteroatoms. The fraction of sp³-hybridized carbons (Fsp3) is 0.158. The van der Waals surface area contributed by atoms with Crippen molar-refractivity contribution >= 4 is 28.1 Å². The van der Waals surface area contributed by atoms with E-state index in [9.17, 15) is 4.79 Å². The third-order valence-electron chi connectivity index (χ3n) is 4.24. The molecule has 25 heavy (non-hydrogen) atoms. The number of amides is 1. The lowest BCUT2D eigenvalue weighted by molar-refractivity contribution is 0.102. The smallest absolute Gasteiger partial charge is 0.261 e. The van der Waals surface area contributed by atoms with Crippen LogP contribution in [-0.2, 0) is 0 Å². The summed E-state index contributed by atoms with van der Waals surface area (Å²) < 4.78 is 1.68. The van der Waals surface area contributed by atoms with Crippen LogP contribution in [0.4, 0.5) is 5.69 Å². The van der Waals surface area contributed by atoms with Crippen molar-refractivity contribution in [2.75, 3.05) is 5.32 Å². The summed E-state index contributed by atoms with van der Waals surface area (Å²) in [7, 11) is 0. The van der Waals surface area contributed by atoms with Crippen LogP contribution in [0.25, 0.3) is 16.6 Å².